The number of hydrogen-bond acceptors (Lipinski definition) is 2. The van der Waals surface area contributed by atoms with Gasteiger partial charge in [-0.05, 0) is 12.8 Å². The van der Waals surface area contributed by atoms with Crippen LogP contribution in [0, 0.1) is 5.41 Å². The van der Waals surface area contributed by atoms with Crippen LogP contribution in [0.1, 0.15) is 12.8 Å². The van der Waals surface area contributed by atoms with Gasteiger partial charge in [0, 0.05) is 31.6 Å². The molecule has 0 saturated carbocycles. The average Bonchev–Trinajstić information content (AvgIpc) is 2.02. The molecule has 1 N–H and O–H groups in total. The molecule has 0 aromatic carbocycles. The van der Waals surface area contributed by atoms with Crippen molar-refractivity contribution in [1.29, 1.82) is 0 Å². The van der Waals surface area contributed by atoms with E-state index in [0.717, 1.165) is 32.6 Å². The number of piperidine rings is 1. The SMILES string of the molecule is O=CN1CCCC2(CNC2)C1. The number of carbonyl (C=O) groups excluding carboxylic acids is 1. The number of nitrogens with zero attached hydrogens (tertiary/aromatic N) is 1. The molecule has 11 heavy (non-hydrogen) atoms. The number of nitrogens with one attached hydrogen (secondary N) is 1. The minimum atomic E-state index is 0.458. The van der Waals surface area contributed by atoms with Crippen molar-refractivity contribution < 1.29 is 4.79 Å². The normalized spacial score (nSPS) is 28.2. The van der Waals surface area contributed by atoms with Crippen molar-refractivity contribution in [2.75, 3.05) is 26.2 Å². The number of carbonyl (C=O) groups is 1. The predicted molar refractivity (Wildman–Crippen MR) is 42.2 cm³/mol. The third kappa shape index (κ3) is 1.13. The maximum Gasteiger partial charge on any atom is 0.209 e. The maximum atomic E-state index is 10.5. The van der Waals surface area contributed by atoms with Crippen LogP contribution in [0.3, 0.4) is 0 Å². The summed E-state index contributed by atoms with van der Waals surface area (Å²) in [6.45, 7) is 4.16. The molecule has 0 bridgehead atoms. The van der Waals surface area contributed by atoms with Crippen molar-refractivity contribution in [2.24, 2.45) is 5.41 Å². The predicted octanol–water partition coefficient (Wildman–Crippen LogP) is -0.172. The molecule has 2 saturated heterocycles. The van der Waals surface area contributed by atoms with Crippen molar-refractivity contribution >= 4 is 6.41 Å². The fourth-order valence-corrected chi connectivity index (χ4v) is 2.10. The van der Waals surface area contributed by atoms with Crippen LogP contribution >= 0.6 is 0 Å². The lowest BCUT2D eigenvalue weighted by Crippen LogP contribution is -2.60. The van der Waals surface area contributed by atoms with Crippen molar-refractivity contribution in [2.45, 2.75) is 12.8 Å². The summed E-state index contributed by atoms with van der Waals surface area (Å²) in [6, 6.07) is 0. The summed E-state index contributed by atoms with van der Waals surface area (Å²) in [6.07, 6.45) is 3.46. The van der Waals surface area contributed by atoms with E-state index in [1.807, 2.05) is 4.90 Å². The molecule has 2 aliphatic heterocycles. The number of likely N-dealkylation sites (tertiary alicyclic amines) is 1. The maximum absolute atomic E-state index is 10.5. The molecule has 3 heteroatoms. The van der Waals surface area contributed by atoms with Crippen molar-refractivity contribution in [3.05, 3.63) is 0 Å². The molecule has 1 amide bonds. The van der Waals surface area contributed by atoms with Gasteiger partial charge in [-0.25, -0.2) is 0 Å². The van der Waals surface area contributed by atoms with Gasteiger partial charge in [-0.3, -0.25) is 4.79 Å². The molecule has 1 spiro atoms. The third-order valence-electron chi connectivity index (χ3n) is 2.84. The highest BCUT2D eigenvalue weighted by Gasteiger charge is 2.40. The molecule has 0 aromatic rings. The topological polar surface area (TPSA) is 32.3 Å². The Morgan fingerprint density at radius 1 is 1.45 bits per heavy atom. The zero-order valence-corrected chi connectivity index (χ0v) is 6.68. The fraction of sp³-hybridized carbons (Fsp3) is 0.875. The molecule has 62 valence electrons. The van der Waals surface area contributed by atoms with Crippen LogP contribution in [0.25, 0.3) is 0 Å². The highest BCUT2D eigenvalue weighted by molar-refractivity contribution is 5.47. The lowest BCUT2D eigenvalue weighted by Gasteiger charge is -2.48. The molecule has 2 heterocycles. The first-order valence-electron chi connectivity index (χ1n) is 4.25. The second kappa shape index (κ2) is 2.48. The van der Waals surface area contributed by atoms with E-state index in [9.17, 15) is 4.79 Å². The number of amides is 1. The molecule has 0 aromatic heterocycles. The van der Waals surface area contributed by atoms with E-state index in [1.54, 1.807) is 0 Å². The first-order valence-corrected chi connectivity index (χ1v) is 4.25. The zero-order valence-electron chi connectivity index (χ0n) is 6.68. The summed E-state index contributed by atoms with van der Waals surface area (Å²) < 4.78 is 0. The van der Waals surface area contributed by atoms with E-state index in [2.05, 4.69) is 5.32 Å². The molecule has 0 atom stereocenters. The number of rotatable bonds is 1. The quantitative estimate of drug-likeness (QED) is 0.532. The lowest BCUT2D eigenvalue weighted by molar-refractivity contribution is -0.122. The van der Waals surface area contributed by atoms with Gasteiger partial charge in [-0.1, -0.05) is 0 Å². The van der Waals surface area contributed by atoms with Crippen molar-refractivity contribution in [3.63, 3.8) is 0 Å². The van der Waals surface area contributed by atoms with Crippen LogP contribution in [0.2, 0.25) is 0 Å². The Labute approximate surface area is 66.8 Å². The Balaban J connectivity index is 1.97. The zero-order chi connectivity index (χ0) is 7.73. The first kappa shape index (κ1) is 7.10. The molecule has 0 unspecified atom stereocenters. The molecule has 0 aliphatic carbocycles. The molecule has 3 nitrogen and oxygen atoms in total. The van der Waals surface area contributed by atoms with Crippen LogP contribution in [0.15, 0.2) is 0 Å². The lowest BCUT2D eigenvalue weighted by atomic mass is 9.75. The smallest absolute Gasteiger partial charge is 0.209 e. The Bertz CT molecular complexity index is 165. The summed E-state index contributed by atoms with van der Waals surface area (Å²) in [5.41, 5.74) is 0.458. The second-order valence-corrected chi connectivity index (χ2v) is 3.78. The van der Waals surface area contributed by atoms with Crippen molar-refractivity contribution in [3.8, 4) is 0 Å². The van der Waals surface area contributed by atoms with Gasteiger partial charge in [0.2, 0.25) is 6.41 Å². The van der Waals surface area contributed by atoms with E-state index in [4.69, 9.17) is 0 Å². The van der Waals surface area contributed by atoms with Gasteiger partial charge < -0.3 is 10.2 Å². The van der Waals surface area contributed by atoms with E-state index in [0.29, 0.717) is 5.41 Å². The second-order valence-electron chi connectivity index (χ2n) is 3.78. The highest BCUT2D eigenvalue weighted by atomic mass is 16.1. The van der Waals surface area contributed by atoms with Crippen LogP contribution in [-0.2, 0) is 4.79 Å². The molecule has 2 rings (SSSR count). The molecule has 0 radical (unpaired) electrons. The minimum absolute atomic E-state index is 0.458. The van der Waals surface area contributed by atoms with E-state index >= 15 is 0 Å². The largest absolute Gasteiger partial charge is 0.345 e. The van der Waals surface area contributed by atoms with Crippen LogP contribution in [0.5, 0.6) is 0 Å². The summed E-state index contributed by atoms with van der Waals surface area (Å²) >= 11 is 0. The molecular weight excluding hydrogens is 140 g/mol. The standard InChI is InChI=1S/C8H14N2O/c11-7-10-3-1-2-8(6-10)4-9-5-8/h7,9H,1-6H2. The van der Waals surface area contributed by atoms with Gasteiger partial charge in [0.1, 0.15) is 0 Å². The summed E-state index contributed by atoms with van der Waals surface area (Å²) in [4.78, 5) is 12.4. The fourth-order valence-electron chi connectivity index (χ4n) is 2.10. The Morgan fingerprint density at radius 3 is 2.82 bits per heavy atom. The van der Waals surface area contributed by atoms with Gasteiger partial charge in [-0.15, -0.1) is 0 Å². The van der Waals surface area contributed by atoms with Gasteiger partial charge >= 0.3 is 0 Å². The van der Waals surface area contributed by atoms with Gasteiger partial charge in [-0.2, -0.15) is 0 Å². The Kier molecular flexibility index (Phi) is 1.60. The van der Waals surface area contributed by atoms with Gasteiger partial charge in [0.15, 0.2) is 0 Å². The minimum Gasteiger partial charge on any atom is -0.345 e. The Morgan fingerprint density at radius 2 is 2.27 bits per heavy atom. The first-order chi connectivity index (χ1) is 5.35. The van der Waals surface area contributed by atoms with E-state index < -0.39 is 0 Å². The average molecular weight is 154 g/mol. The highest BCUT2D eigenvalue weighted by Crippen LogP contribution is 2.32. The molecule has 2 fully saturated rings. The van der Waals surface area contributed by atoms with E-state index in [-0.39, 0.29) is 0 Å². The summed E-state index contributed by atoms with van der Waals surface area (Å²) in [5, 5.41) is 3.27. The monoisotopic (exact) mass is 154 g/mol. The van der Waals surface area contributed by atoms with Crippen LogP contribution < -0.4 is 5.32 Å². The van der Waals surface area contributed by atoms with E-state index in [1.165, 1.54) is 12.8 Å². The van der Waals surface area contributed by atoms with Crippen LogP contribution in [0.4, 0.5) is 0 Å². The molecule has 2 aliphatic rings. The third-order valence-corrected chi connectivity index (χ3v) is 2.84. The summed E-state index contributed by atoms with van der Waals surface area (Å²) in [7, 11) is 0. The number of hydrogen-bond donors (Lipinski definition) is 1. The van der Waals surface area contributed by atoms with Crippen LogP contribution in [-0.4, -0.2) is 37.5 Å². The summed E-state index contributed by atoms with van der Waals surface area (Å²) in [5.74, 6) is 0. The Hall–Kier alpha value is -0.570. The van der Waals surface area contributed by atoms with Crippen molar-refractivity contribution in [1.82, 2.24) is 10.2 Å². The van der Waals surface area contributed by atoms with Gasteiger partial charge in [0.25, 0.3) is 0 Å². The molecular formula is C8H14N2O. The van der Waals surface area contributed by atoms with Gasteiger partial charge in [0.05, 0.1) is 0 Å².